The monoisotopic (exact) mass is 452 g/mol. The van der Waals surface area contributed by atoms with Crippen LogP contribution < -0.4 is 4.74 Å². The fraction of sp³-hybridized carbons (Fsp3) is 0.519. The lowest BCUT2D eigenvalue weighted by atomic mass is 9.88. The van der Waals surface area contributed by atoms with Crippen LogP contribution in [0.4, 0.5) is 0 Å². The van der Waals surface area contributed by atoms with E-state index in [-0.39, 0.29) is 17.9 Å². The Morgan fingerprint density at radius 3 is 1.82 bits per heavy atom. The van der Waals surface area contributed by atoms with Crippen molar-refractivity contribution in [3.63, 3.8) is 0 Å². The van der Waals surface area contributed by atoms with Crippen LogP contribution in [0.2, 0.25) is 0 Å². The van der Waals surface area contributed by atoms with Crippen LogP contribution in [-0.2, 0) is 9.47 Å². The lowest BCUT2D eigenvalue weighted by Crippen LogP contribution is -2.55. The molecular formula is C27H36N2O4. The predicted molar refractivity (Wildman–Crippen MR) is 129 cm³/mol. The van der Waals surface area contributed by atoms with E-state index in [1.54, 1.807) is 7.11 Å². The van der Waals surface area contributed by atoms with Crippen molar-refractivity contribution < 1.29 is 19.0 Å². The van der Waals surface area contributed by atoms with Gasteiger partial charge in [0.1, 0.15) is 5.75 Å². The summed E-state index contributed by atoms with van der Waals surface area (Å²) in [5.41, 5.74) is 3.14. The largest absolute Gasteiger partial charge is 0.497 e. The number of ether oxygens (including phenoxy) is 3. The SMILES string of the molecule is COc1ccc([C@@H]([C@@H](C(=O)c2ccc(C(C)C)cc2)N2CCOCC2)N2CCOCC2)cc1. The summed E-state index contributed by atoms with van der Waals surface area (Å²) in [6.45, 7) is 10.1. The first-order valence-electron chi connectivity index (χ1n) is 12.0. The summed E-state index contributed by atoms with van der Waals surface area (Å²) in [7, 11) is 1.68. The third-order valence-corrected chi connectivity index (χ3v) is 6.77. The first-order valence-corrected chi connectivity index (χ1v) is 12.0. The molecule has 6 nitrogen and oxygen atoms in total. The van der Waals surface area contributed by atoms with Gasteiger partial charge >= 0.3 is 0 Å². The molecule has 2 aliphatic rings. The van der Waals surface area contributed by atoms with E-state index in [2.05, 4.69) is 47.9 Å². The molecule has 4 rings (SSSR count). The number of rotatable bonds is 8. The second-order valence-electron chi connectivity index (χ2n) is 9.10. The number of morpholine rings is 2. The van der Waals surface area contributed by atoms with E-state index in [9.17, 15) is 4.79 Å². The Labute approximate surface area is 197 Å². The quantitative estimate of drug-likeness (QED) is 0.569. The summed E-state index contributed by atoms with van der Waals surface area (Å²) in [5.74, 6) is 1.42. The third-order valence-electron chi connectivity index (χ3n) is 6.77. The molecule has 2 aromatic carbocycles. The van der Waals surface area contributed by atoms with Gasteiger partial charge in [-0.15, -0.1) is 0 Å². The van der Waals surface area contributed by atoms with Crippen LogP contribution in [0.1, 0.15) is 47.3 Å². The molecule has 33 heavy (non-hydrogen) atoms. The van der Waals surface area contributed by atoms with Gasteiger partial charge in [0, 0.05) is 31.7 Å². The van der Waals surface area contributed by atoms with Crippen LogP contribution in [0.5, 0.6) is 5.75 Å². The fourth-order valence-corrected chi connectivity index (χ4v) is 4.82. The fourth-order valence-electron chi connectivity index (χ4n) is 4.82. The van der Waals surface area contributed by atoms with Gasteiger partial charge in [-0.2, -0.15) is 0 Å². The second-order valence-corrected chi connectivity index (χ2v) is 9.10. The van der Waals surface area contributed by atoms with Crippen molar-refractivity contribution in [3.8, 4) is 5.75 Å². The van der Waals surface area contributed by atoms with Crippen molar-refractivity contribution in [2.75, 3.05) is 59.7 Å². The minimum absolute atomic E-state index is 0.0739. The minimum atomic E-state index is -0.301. The van der Waals surface area contributed by atoms with Crippen LogP contribution in [0.3, 0.4) is 0 Å². The van der Waals surface area contributed by atoms with Crippen LogP contribution in [0, 0.1) is 0 Å². The topological polar surface area (TPSA) is 51.2 Å². The van der Waals surface area contributed by atoms with Crippen molar-refractivity contribution in [1.82, 2.24) is 9.80 Å². The van der Waals surface area contributed by atoms with E-state index in [0.29, 0.717) is 32.3 Å². The highest BCUT2D eigenvalue weighted by Gasteiger charge is 2.39. The number of carbonyl (C=O) groups is 1. The van der Waals surface area contributed by atoms with Gasteiger partial charge in [0.05, 0.1) is 45.6 Å². The Hall–Kier alpha value is -2.25. The lowest BCUT2D eigenvalue weighted by Gasteiger charge is -2.44. The third kappa shape index (κ3) is 5.64. The average Bonchev–Trinajstić information content (AvgIpc) is 2.88. The summed E-state index contributed by atoms with van der Waals surface area (Å²) < 4.78 is 16.7. The molecule has 2 fully saturated rings. The molecule has 0 N–H and O–H groups in total. The van der Waals surface area contributed by atoms with Crippen molar-refractivity contribution in [2.45, 2.75) is 31.8 Å². The van der Waals surface area contributed by atoms with Gasteiger partial charge in [-0.3, -0.25) is 14.6 Å². The van der Waals surface area contributed by atoms with E-state index < -0.39 is 0 Å². The molecule has 2 aromatic rings. The number of nitrogens with zero attached hydrogens (tertiary/aromatic N) is 2. The molecule has 2 atom stereocenters. The number of hydrogen-bond acceptors (Lipinski definition) is 6. The molecule has 0 aliphatic carbocycles. The zero-order valence-corrected chi connectivity index (χ0v) is 20.0. The molecule has 0 aromatic heterocycles. The van der Waals surface area contributed by atoms with Gasteiger partial charge in [-0.25, -0.2) is 0 Å². The lowest BCUT2D eigenvalue weighted by molar-refractivity contribution is -0.0301. The number of benzene rings is 2. The Bertz CT molecular complexity index is 885. The van der Waals surface area contributed by atoms with Gasteiger partial charge in [0.25, 0.3) is 0 Å². The molecule has 0 amide bonds. The number of hydrogen-bond donors (Lipinski definition) is 0. The highest BCUT2D eigenvalue weighted by atomic mass is 16.5. The van der Waals surface area contributed by atoms with Gasteiger partial charge in [-0.05, 0) is 29.2 Å². The molecule has 2 aliphatic heterocycles. The first kappa shape index (κ1) is 23.9. The van der Waals surface area contributed by atoms with E-state index in [4.69, 9.17) is 14.2 Å². The normalized spacial score (nSPS) is 19.9. The molecule has 2 saturated heterocycles. The molecule has 0 saturated carbocycles. The molecule has 6 heteroatoms. The smallest absolute Gasteiger partial charge is 0.181 e. The highest BCUT2D eigenvalue weighted by Crippen LogP contribution is 2.33. The van der Waals surface area contributed by atoms with Crippen molar-refractivity contribution in [1.29, 1.82) is 0 Å². The van der Waals surface area contributed by atoms with Crippen LogP contribution in [0.25, 0.3) is 0 Å². The average molecular weight is 453 g/mol. The molecular weight excluding hydrogens is 416 g/mol. The molecule has 0 unspecified atom stereocenters. The van der Waals surface area contributed by atoms with Crippen LogP contribution >= 0.6 is 0 Å². The van der Waals surface area contributed by atoms with Gasteiger partial charge < -0.3 is 14.2 Å². The maximum atomic E-state index is 14.1. The van der Waals surface area contributed by atoms with Crippen molar-refractivity contribution in [2.24, 2.45) is 0 Å². The molecule has 0 spiro atoms. The minimum Gasteiger partial charge on any atom is -0.497 e. The van der Waals surface area contributed by atoms with Crippen LogP contribution in [-0.4, -0.2) is 81.3 Å². The summed E-state index contributed by atoms with van der Waals surface area (Å²) in [5, 5.41) is 0. The van der Waals surface area contributed by atoms with E-state index >= 15 is 0 Å². The van der Waals surface area contributed by atoms with Crippen molar-refractivity contribution >= 4 is 5.78 Å². The standard InChI is InChI=1S/C27H36N2O4/c1-20(2)21-4-6-23(7-5-21)27(30)26(29-14-18-33-19-15-29)25(28-12-16-32-17-13-28)22-8-10-24(31-3)11-9-22/h4-11,20,25-26H,12-19H2,1-3H3/t25-,26-/m0/s1. The Kier molecular flexibility index (Phi) is 8.15. The van der Waals surface area contributed by atoms with E-state index in [1.807, 2.05) is 24.3 Å². The summed E-state index contributed by atoms with van der Waals surface area (Å²) in [4.78, 5) is 18.9. The maximum Gasteiger partial charge on any atom is 0.181 e. The van der Waals surface area contributed by atoms with Gasteiger partial charge in [0.15, 0.2) is 5.78 Å². The number of ketones is 1. The Morgan fingerprint density at radius 1 is 0.788 bits per heavy atom. The second kappa shape index (κ2) is 11.3. The molecule has 0 radical (unpaired) electrons. The first-order chi connectivity index (χ1) is 16.1. The number of carbonyl (C=O) groups excluding carboxylic acids is 1. The number of Topliss-reactive ketones (excluding diaryl/α,β-unsaturated/α-hetero) is 1. The zero-order chi connectivity index (χ0) is 23.2. The summed E-state index contributed by atoms with van der Waals surface area (Å²) >= 11 is 0. The summed E-state index contributed by atoms with van der Waals surface area (Å²) in [6.07, 6.45) is 0. The van der Waals surface area contributed by atoms with Gasteiger partial charge in [0.2, 0.25) is 0 Å². The number of methoxy groups -OCH3 is 1. The van der Waals surface area contributed by atoms with Crippen LogP contribution in [0.15, 0.2) is 48.5 Å². The maximum absolute atomic E-state index is 14.1. The summed E-state index contributed by atoms with van der Waals surface area (Å²) in [6, 6.07) is 16.0. The van der Waals surface area contributed by atoms with Gasteiger partial charge in [-0.1, -0.05) is 50.2 Å². The molecule has 2 heterocycles. The highest BCUT2D eigenvalue weighted by molar-refractivity contribution is 6.00. The van der Waals surface area contributed by atoms with Crippen molar-refractivity contribution in [3.05, 3.63) is 65.2 Å². The zero-order valence-electron chi connectivity index (χ0n) is 20.0. The Balaban J connectivity index is 1.74. The van der Waals surface area contributed by atoms with E-state index in [1.165, 1.54) is 5.56 Å². The predicted octanol–water partition coefficient (Wildman–Crippen LogP) is 3.78. The molecule has 178 valence electrons. The molecule has 0 bridgehead atoms. The van der Waals surface area contributed by atoms with E-state index in [0.717, 1.165) is 43.1 Å². The Morgan fingerprint density at radius 2 is 1.30 bits per heavy atom.